The molecule has 0 unspecified atom stereocenters. The third kappa shape index (κ3) is 1.02. The number of amides is 1. The molecule has 1 amide bonds. The van der Waals surface area contributed by atoms with Gasteiger partial charge in [-0.1, -0.05) is 0 Å². The SMILES string of the molecule is N#CC[C@@H]1CCN2C[C@H]1OC2=O. The molecular formula is C8H10N2O2. The van der Waals surface area contributed by atoms with E-state index in [0.717, 1.165) is 13.0 Å². The fourth-order valence-corrected chi connectivity index (χ4v) is 1.82. The van der Waals surface area contributed by atoms with Gasteiger partial charge in [0, 0.05) is 18.9 Å². The van der Waals surface area contributed by atoms with E-state index in [-0.39, 0.29) is 18.1 Å². The number of carbonyl (C=O) groups is 1. The Morgan fingerprint density at radius 3 is 3.33 bits per heavy atom. The topological polar surface area (TPSA) is 53.3 Å². The van der Waals surface area contributed by atoms with Crippen LogP contribution in [0.3, 0.4) is 0 Å². The van der Waals surface area contributed by atoms with Crippen molar-refractivity contribution in [3.8, 4) is 6.07 Å². The van der Waals surface area contributed by atoms with Crippen LogP contribution in [0, 0.1) is 17.2 Å². The van der Waals surface area contributed by atoms with Gasteiger partial charge in [-0.2, -0.15) is 5.26 Å². The number of fused-ring (bicyclic) bond motifs is 2. The Labute approximate surface area is 70.7 Å². The van der Waals surface area contributed by atoms with Crippen molar-refractivity contribution < 1.29 is 9.53 Å². The van der Waals surface area contributed by atoms with Crippen molar-refractivity contribution in [3.63, 3.8) is 0 Å². The van der Waals surface area contributed by atoms with E-state index in [0.29, 0.717) is 13.0 Å². The van der Waals surface area contributed by atoms with E-state index in [1.165, 1.54) is 0 Å². The van der Waals surface area contributed by atoms with Crippen LogP contribution in [0.2, 0.25) is 0 Å². The van der Waals surface area contributed by atoms with Crippen molar-refractivity contribution in [1.82, 2.24) is 4.90 Å². The van der Waals surface area contributed by atoms with Gasteiger partial charge in [-0.3, -0.25) is 0 Å². The highest BCUT2D eigenvalue weighted by molar-refractivity contribution is 5.70. The first-order chi connectivity index (χ1) is 5.81. The summed E-state index contributed by atoms with van der Waals surface area (Å²) in [6.07, 6.45) is 1.18. The van der Waals surface area contributed by atoms with Gasteiger partial charge < -0.3 is 9.64 Å². The standard InChI is InChI=1S/C8H10N2O2/c9-3-1-6-2-4-10-5-7(6)12-8(10)11/h6-7H,1-2,4-5H2/t6-,7-/m1/s1. The molecule has 2 bridgehead atoms. The number of piperidine rings is 1. The maximum absolute atomic E-state index is 11.0. The van der Waals surface area contributed by atoms with Crippen LogP contribution in [0.15, 0.2) is 0 Å². The average Bonchev–Trinajstić information content (AvgIpc) is 2.35. The minimum atomic E-state index is -0.208. The quantitative estimate of drug-likeness (QED) is 0.577. The van der Waals surface area contributed by atoms with E-state index in [9.17, 15) is 4.79 Å². The van der Waals surface area contributed by atoms with E-state index in [1.54, 1.807) is 4.90 Å². The number of nitrogens with zero attached hydrogens (tertiary/aromatic N) is 2. The molecule has 2 heterocycles. The zero-order valence-corrected chi connectivity index (χ0v) is 6.69. The number of nitriles is 1. The number of rotatable bonds is 1. The summed E-state index contributed by atoms with van der Waals surface area (Å²) in [6.45, 7) is 1.44. The predicted octanol–water partition coefficient (Wildman–Crippen LogP) is 0.741. The first-order valence-corrected chi connectivity index (χ1v) is 4.14. The molecule has 0 saturated carbocycles. The second kappa shape index (κ2) is 2.67. The predicted molar refractivity (Wildman–Crippen MR) is 40.2 cm³/mol. The number of hydrogen-bond donors (Lipinski definition) is 0. The highest BCUT2D eigenvalue weighted by Gasteiger charge is 2.40. The van der Waals surface area contributed by atoms with Crippen LogP contribution in [-0.4, -0.2) is 30.2 Å². The van der Waals surface area contributed by atoms with Crippen LogP contribution in [0.1, 0.15) is 12.8 Å². The zero-order chi connectivity index (χ0) is 8.55. The highest BCUT2D eigenvalue weighted by atomic mass is 16.6. The van der Waals surface area contributed by atoms with Crippen LogP contribution in [0.4, 0.5) is 4.79 Å². The number of carbonyl (C=O) groups excluding carboxylic acids is 1. The molecule has 2 fully saturated rings. The Morgan fingerprint density at radius 1 is 1.75 bits per heavy atom. The lowest BCUT2D eigenvalue weighted by atomic mass is 9.92. The Kier molecular flexibility index (Phi) is 1.65. The molecule has 0 N–H and O–H groups in total. The Bertz CT molecular complexity index is 246. The molecule has 12 heavy (non-hydrogen) atoms. The molecule has 64 valence electrons. The third-order valence-electron chi connectivity index (χ3n) is 2.56. The van der Waals surface area contributed by atoms with Crippen molar-refractivity contribution in [2.45, 2.75) is 18.9 Å². The molecule has 0 aromatic rings. The molecule has 0 aromatic carbocycles. The van der Waals surface area contributed by atoms with Crippen LogP contribution in [0.25, 0.3) is 0 Å². The van der Waals surface area contributed by atoms with Crippen molar-refractivity contribution >= 4 is 6.09 Å². The molecule has 2 aliphatic heterocycles. The van der Waals surface area contributed by atoms with Crippen LogP contribution >= 0.6 is 0 Å². The summed E-state index contributed by atoms with van der Waals surface area (Å²) in [5, 5.41) is 8.51. The zero-order valence-electron chi connectivity index (χ0n) is 6.69. The first-order valence-electron chi connectivity index (χ1n) is 4.14. The molecule has 2 atom stereocenters. The number of ether oxygens (including phenoxy) is 1. The smallest absolute Gasteiger partial charge is 0.410 e. The Hall–Kier alpha value is -1.24. The third-order valence-corrected chi connectivity index (χ3v) is 2.56. The molecular weight excluding hydrogens is 156 g/mol. The lowest BCUT2D eigenvalue weighted by Crippen LogP contribution is -2.35. The maximum Gasteiger partial charge on any atom is 0.410 e. The summed E-state index contributed by atoms with van der Waals surface area (Å²) < 4.78 is 5.09. The molecule has 0 radical (unpaired) electrons. The summed E-state index contributed by atoms with van der Waals surface area (Å²) in [5.74, 6) is 0.262. The maximum atomic E-state index is 11.0. The molecule has 2 rings (SSSR count). The van der Waals surface area contributed by atoms with Gasteiger partial charge in [0.1, 0.15) is 6.10 Å². The molecule has 4 heteroatoms. The summed E-state index contributed by atoms with van der Waals surface area (Å²) >= 11 is 0. The lowest BCUT2D eigenvalue weighted by Gasteiger charge is -2.24. The molecule has 2 aliphatic rings. The molecule has 2 saturated heterocycles. The van der Waals surface area contributed by atoms with Crippen LogP contribution in [0.5, 0.6) is 0 Å². The minimum absolute atomic E-state index is 0.0223. The van der Waals surface area contributed by atoms with Gasteiger partial charge in [-0.25, -0.2) is 4.79 Å². The fraction of sp³-hybridized carbons (Fsp3) is 0.750. The summed E-state index contributed by atoms with van der Waals surface area (Å²) in [4.78, 5) is 12.7. The Balaban J connectivity index is 2.05. The van der Waals surface area contributed by atoms with Gasteiger partial charge in [0.25, 0.3) is 0 Å². The normalized spacial score (nSPS) is 32.9. The van der Waals surface area contributed by atoms with Crippen molar-refractivity contribution in [1.29, 1.82) is 5.26 Å². The first kappa shape index (κ1) is 7.41. The van der Waals surface area contributed by atoms with Crippen molar-refractivity contribution in [3.05, 3.63) is 0 Å². The summed E-state index contributed by atoms with van der Waals surface area (Å²) in [7, 11) is 0. The number of hydrogen-bond acceptors (Lipinski definition) is 3. The Morgan fingerprint density at radius 2 is 2.58 bits per heavy atom. The largest absolute Gasteiger partial charge is 0.444 e. The van der Waals surface area contributed by atoms with Gasteiger partial charge in [0.05, 0.1) is 12.6 Å². The van der Waals surface area contributed by atoms with Gasteiger partial charge in [0.15, 0.2) is 0 Å². The van der Waals surface area contributed by atoms with E-state index < -0.39 is 0 Å². The second-order valence-corrected chi connectivity index (χ2v) is 3.28. The van der Waals surface area contributed by atoms with E-state index in [1.807, 2.05) is 0 Å². The van der Waals surface area contributed by atoms with Crippen molar-refractivity contribution in [2.75, 3.05) is 13.1 Å². The molecule has 0 aromatic heterocycles. The van der Waals surface area contributed by atoms with E-state index in [2.05, 4.69) is 6.07 Å². The monoisotopic (exact) mass is 166 g/mol. The average molecular weight is 166 g/mol. The highest BCUT2D eigenvalue weighted by Crippen LogP contribution is 2.28. The molecule has 4 nitrogen and oxygen atoms in total. The molecule has 0 aliphatic carbocycles. The summed E-state index contributed by atoms with van der Waals surface area (Å²) in [6, 6.07) is 2.13. The van der Waals surface area contributed by atoms with Gasteiger partial charge in [0.2, 0.25) is 0 Å². The van der Waals surface area contributed by atoms with E-state index >= 15 is 0 Å². The summed E-state index contributed by atoms with van der Waals surface area (Å²) in [5.41, 5.74) is 0. The fourth-order valence-electron chi connectivity index (χ4n) is 1.82. The molecule has 0 spiro atoms. The van der Waals surface area contributed by atoms with Crippen molar-refractivity contribution in [2.24, 2.45) is 5.92 Å². The van der Waals surface area contributed by atoms with Gasteiger partial charge >= 0.3 is 6.09 Å². The van der Waals surface area contributed by atoms with Crippen LogP contribution < -0.4 is 0 Å². The minimum Gasteiger partial charge on any atom is -0.444 e. The lowest BCUT2D eigenvalue weighted by molar-refractivity contribution is 0.106. The van der Waals surface area contributed by atoms with Crippen LogP contribution in [-0.2, 0) is 4.74 Å². The van der Waals surface area contributed by atoms with Gasteiger partial charge in [-0.05, 0) is 6.42 Å². The van der Waals surface area contributed by atoms with E-state index in [4.69, 9.17) is 10.00 Å². The van der Waals surface area contributed by atoms with Gasteiger partial charge in [-0.15, -0.1) is 0 Å². The second-order valence-electron chi connectivity index (χ2n) is 3.28.